The quantitative estimate of drug-likeness (QED) is 0.881. The molecule has 0 aromatic carbocycles. The average molecular weight is 250 g/mol. The normalized spacial score (nSPS) is 20.0. The van der Waals surface area contributed by atoms with Crippen LogP contribution in [-0.4, -0.2) is 30.4 Å². The summed E-state index contributed by atoms with van der Waals surface area (Å²) in [5, 5.41) is 5.19. The zero-order valence-electron chi connectivity index (χ0n) is 9.95. The fraction of sp³-hybridized carbons (Fsp3) is 0.615. The first-order valence-corrected chi connectivity index (χ1v) is 7.23. The number of rotatable bonds is 4. The van der Waals surface area contributed by atoms with E-state index in [-0.39, 0.29) is 5.91 Å². The number of nitrogens with zero attached hydrogens (tertiary/aromatic N) is 1. The Labute approximate surface area is 106 Å². The van der Waals surface area contributed by atoms with Gasteiger partial charge in [0.1, 0.15) is 0 Å². The number of carbonyl (C=O) groups is 1. The molecule has 3 nitrogen and oxygen atoms in total. The van der Waals surface area contributed by atoms with Gasteiger partial charge in [-0.05, 0) is 42.2 Å². The van der Waals surface area contributed by atoms with Gasteiger partial charge in [-0.25, -0.2) is 0 Å². The maximum absolute atomic E-state index is 11.7. The SMILES string of the molecule is O=C(CN1CCc2sccc2C1)NCC1CC1. The summed E-state index contributed by atoms with van der Waals surface area (Å²) in [5.41, 5.74) is 1.41. The summed E-state index contributed by atoms with van der Waals surface area (Å²) < 4.78 is 0. The van der Waals surface area contributed by atoms with Crippen LogP contribution in [0.2, 0.25) is 0 Å². The van der Waals surface area contributed by atoms with Gasteiger partial charge in [0.05, 0.1) is 6.54 Å². The van der Waals surface area contributed by atoms with Crippen molar-refractivity contribution in [2.45, 2.75) is 25.8 Å². The molecule has 3 rings (SSSR count). The van der Waals surface area contributed by atoms with Crippen molar-refractivity contribution in [2.24, 2.45) is 5.92 Å². The van der Waals surface area contributed by atoms with Gasteiger partial charge in [-0.1, -0.05) is 0 Å². The summed E-state index contributed by atoms with van der Waals surface area (Å²) in [6, 6.07) is 2.19. The lowest BCUT2D eigenvalue weighted by Crippen LogP contribution is -2.40. The molecule has 0 saturated heterocycles. The zero-order valence-corrected chi connectivity index (χ0v) is 10.8. The van der Waals surface area contributed by atoms with Crippen molar-refractivity contribution in [3.8, 4) is 0 Å². The Morgan fingerprint density at radius 1 is 1.53 bits per heavy atom. The molecule has 1 N–H and O–H groups in total. The van der Waals surface area contributed by atoms with E-state index in [1.807, 2.05) is 11.3 Å². The van der Waals surface area contributed by atoms with E-state index in [9.17, 15) is 4.79 Å². The lowest BCUT2D eigenvalue weighted by Gasteiger charge is -2.26. The maximum Gasteiger partial charge on any atom is 0.234 e. The molecule has 1 aliphatic carbocycles. The number of fused-ring (bicyclic) bond motifs is 1. The topological polar surface area (TPSA) is 32.3 Å². The molecule has 0 spiro atoms. The molecular weight excluding hydrogens is 232 g/mol. The van der Waals surface area contributed by atoms with Crippen LogP contribution in [-0.2, 0) is 17.8 Å². The van der Waals surface area contributed by atoms with Gasteiger partial charge in [-0.2, -0.15) is 0 Å². The molecule has 0 unspecified atom stereocenters. The predicted octanol–water partition coefficient (Wildman–Crippen LogP) is 1.63. The standard InChI is InChI=1S/C13H18N2OS/c16-13(14-7-10-1-2-10)9-15-5-3-12-11(8-15)4-6-17-12/h4,6,10H,1-3,5,7-9H2,(H,14,16). The van der Waals surface area contributed by atoms with Crippen LogP contribution in [0.3, 0.4) is 0 Å². The summed E-state index contributed by atoms with van der Waals surface area (Å²) >= 11 is 1.84. The summed E-state index contributed by atoms with van der Waals surface area (Å²) in [6.45, 7) is 3.40. The summed E-state index contributed by atoms with van der Waals surface area (Å²) in [6.07, 6.45) is 3.69. The van der Waals surface area contributed by atoms with E-state index in [0.29, 0.717) is 6.54 Å². The van der Waals surface area contributed by atoms with Crippen molar-refractivity contribution < 1.29 is 4.79 Å². The summed E-state index contributed by atoms with van der Waals surface area (Å²) in [5.74, 6) is 0.958. The summed E-state index contributed by atoms with van der Waals surface area (Å²) in [7, 11) is 0. The molecule has 1 aromatic rings. The molecule has 1 saturated carbocycles. The zero-order chi connectivity index (χ0) is 11.7. The van der Waals surface area contributed by atoms with Gasteiger partial charge in [0.2, 0.25) is 5.91 Å². The molecule has 1 aliphatic heterocycles. The second-order valence-corrected chi connectivity index (χ2v) is 6.08. The molecule has 4 heteroatoms. The average Bonchev–Trinajstić information content (AvgIpc) is 3.04. The molecule has 2 aliphatic rings. The highest BCUT2D eigenvalue weighted by Crippen LogP contribution is 2.27. The van der Waals surface area contributed by atoms with Crippen molar-refractivity contribution in [3.63, 3.8) is 0 Å². The molecule has 1 fully saturated rings. The van der Waals surface area contributed by atoms with Crippen molar-refractivity contribution in [1.82, 2.24) is 10.2 Å². The van der Waals surface area contributed by atoms with Crippen molar-refractivity contribution in [2.75, 3.05) is 19.6 Å². The molecule has 17 heavy (non-hydrogen) atoms. The second-order valence-electron chi connectivity index (χ2n) is 5.08. The Bertz CT molecular complexity index is 411. The fourth-order valence-electron chi connectivity index (χ4n) is 2.28. The van der Waals surface area contributed by atoms with E-state index >= 15 is 0 Å². The van der Waals surface area contributed by atoms with Gasteiger partial charge in [0.25, 0.3) is 0 Å². The third-order valence-corrected chi connectivity index (χ3v) is 4.56. The Morgan fingerprint density at radius 3 is 3.24 bits per heavy atom. The number of hydrogen-bond donors (Lipinski definition) is 1. The molecule has 0 bridgehead atoms. The lowest BCUT2D eigenvalue weighted by molar-refractivity contribution is -0.122. The minimum atomic E-state index is 0.190. The van der Waals surface area contributed by atoms with Crippen LogP contribution in [0.5, 0.6) is 0 Å². The third kappa shape index (κ3) is 2.87. The van der Waals surface area contributed by atoms with E-state index in [0.717, 1.165) is 32.0 Å². The number of thiophene rings is 1. The first-order chi connectivity index (χ1) is 8.31. The lowest BCUT2D eigenvalue weighted by atomic mass is 10.1. The van der Waals surface area contributed by atoms with Crippen molar-refractivity contribution in [3.05, 3.63) is 21.9 Å². The van der Waals surface area contributed by atoms with Crippen LogP contribution in [0.15, 0.2) is 11.4 Å². The fourth-order valence-corrected chi connectivity index (χ4v) is 3.17. The molecule has 92 valence electrons. The number of nitrogens with one attached hydrogen (secondary N) is 1. The number of carbonyl (C=O) groups excluding carboxylic acids is 1. The van der Waals surface area contributed by atoms with E-state index < -0.39 is 0 Å². The van der Waals surface area contributed by atoms with E-state index in [4.69, 9.17) is 0 Å². The van der Waals surface area contributed by atoms with Gasteiger partial charge in [-0.15, -0.1) is 11.3 Å². The first-order valence-electron chi connectivity index (χ1n) is 6.35. The van der Waals surface area contributed by atoms with Crippen LogP contribution in [0.4, 0.5) is 0 Å². The number of amides is 1. The van der Waals surface area contributed by atoms with Crippen LogP contribution in [0.25, 0.3) is 0 Å². The number of hydrogen-bond acceptors (Lipinski definition) is 3. The molecule has 1 aromatic heterocycles. The van der Waals surface area contributed by atoms with Crippen molar-refractivity contribution >= 4 is 17.2 Å². The highest BCUT2D eigenvalue weighted by atomic mass is 32.1. The van der Waals surface area contributed by atoms with E-state index in [1.54, 1.807) is 0 Å². The Balaban J connectivity index is 1.47. The van der Waals surface area contributed by atoms with Gasteiger partial charge < -0.3 is 5.32 Å². The van der Waals surface area contributed by atoms with E-state index in [1.165, 1.54) is 23.3 Å². The first kappa shape index (κ1) is 11.2. The molecule has 0 atom stereocenters. The van der Waals surface area contributed by atoms with E-state index in [2.05, 4.69) is 21.7 Å². The van der Waals surface area contributed by atoms with Gasteiger partial charge >= 0.3 is 0 Å². The largest absolute Gasteiger partial charge is 0.355 e. The predicted molar refractivity (Wildman–Crippen MR) is 69.0 cm³/mol. The second kappa shape index (κ2) is 4.78. The minimum absolute atomic E-state index is 0.190. The molecule has 0 radical (unpaired) electrons. The Kier molecular flexibility index (Phi) is 3.16. The molecule has 2 heterocycles. The highest BCUT2D eigenvalue weighted by Gasteiger charge is 2.23. The highest BCUT2D eigenvalue weighted by molar-refractivity contribution is 7.10. The maximum atomic E-state index is 11.7. The van der Waals surface area contributed by atoms with Crippen LogP contribution >= 0.6 is 11.3 Å². The third-order valence-electron chi connectivity index (χ3n) is 3.54. The summed E-state index contributed by atoms with van der Waals surface area (Å²) in [4.78, 5) is 15.5. The minimum Gasteiger partial charge on any atom is -0.355 e. The van der Waals surface area contributed by atoms with Crippen LogP contribution in [0.1, 0.15) is 23.3 Å². The van der Waals surface area contributed by atoms with Crippen LogP contribution < -0.4 is 5.32 Å². The Hall–Kier alpha value is -0.870. The molecular formula is C13H18N2OS. The van der Waals surface area contributed by atoms with Crippen LogP contribution in [0, 0.1) is 5.92 Å². The van der Waals surface area contributed by atoms with Gasteiger partial charge in [-0.3, -0.25) is 9.69 Å². The van der Waals surface area contributed by atoms with Crippen molar-refractivity contribution in [1.29, 1.82) is 0 Å². The Morgan fingerprint density at radius 2 is 2.41 bits per heavy atom. The van der Waals surface area contributed by atoms with Gasteiger partial charge in [0, 0.05) is 24.5 Å². The monoisotopic (exact) mass is 250 g/mol. The molecule has 1 amide bonds. The smallest absolute Gasteiger partial charge is 0.234 e. The van der Waals surface area contributed by atoms with Gasteiger partial charge in [0.15, 0.2) is 0 Å².